The highest BCUT2D eigenvalue weighted by Gasteiger charge is 2.52. The largest absolute Gasteiger partial charge is 0.476 e. The van der Waals surface area contributed by atoms with Crippen molar-refractivity contribution in [2.24, 2.45) is 5.92 Å². The van der Waals surface area contributed by atoms with Crippen LogP contribution in [-0.2, 0) is 22.9 Å². The van der Waals surface area contributed by atoms with Crippen molar-refractivity contribution >= 4 is 24.9 Å². The van der Waals surface area contributed by atoms with E-state index in [2.05, 4.69) is 15.0 Å². The highest BCUT2D eigenvalue weighted by Crippen LogP contribution is 2.56. The zero-order chi connectivity index (χ0) is 22.8. The maximum atomic E-state index is 15.5. The van der Waals surface area contributed by atoms with Crippen LogP contribution in [0.4, 0.5) is 14.7 Å². The SMILES string of the molecule is CCOc1nc(N)nc2c1ncn2C(CF)O[C@]1(F)COP(=O)(OCC(C)C)O[C@H]1C. The molecule has 3 heterocycles. The van der Waals surface area contributed by atoms with Gasteiger partial charge in [-0.15, -0.1) is 0 Å². The minimum absolute atomic E-state index is 0.0584. The van der Waals surface area contributed by atoms with Crippen LogP contribution in [0, 0.1) is 5.92 Å². The molecule has 2 unspecified atom stereocenters. The summed E-state index contributed by atoms with van der Waals surface area (Å²) in [6, 6.07) is 0. The molecule has 3 rings (SSSR count). The summed E-state index contributed by atoms with van der Waals surface area (Å²) in [5, 5.41) is 0. The Morgan fingerprint density at radius 1 is 1.45 bits per heavy atom. The third-order valence-electron chi connectivity index (χ3n) is 4.34. The minimum atomic E-state index is -3.96. The predicted octanol–water partition coefficient (Wildman–Crippen LogP) is 3.17. The molecular weight excluding hydrogens is 439 g/mol. The molecule has 11 nitrogen and oxygen atoms in total. The molecule has 2 aromatic heterocycles. The first-order valence-electron chi connectivity index (χ1n) is 9.74. The summed E-state index contributed by atoms with van der Waals surface area (Å²) < 4.78 is 69.1. The van der Waals surface area contributed by atoms with Crippen molar-refractivity contribution < 1.29 is 36.4 Å². The molecule has 0 aliphatic carbocycles. The molecular formula is C17H26F2N5O6P. The second-order valence-corrected chi connectivity index (χ2v) is 8.94. The number of nitrogens with two attached hydrogens (primary N) is 1. The number of phosphoric ester groups is 1. The molecule has 1 saturated heterocycles. The van der Waals surface area contributed by atoms with Gasteiger partial charge in [-0.1, -0.05) is 13.8 Å². The van der Waals surface area contributed by atoms with E-state index in [1.54, 1.807) is 6.92 Å². The van der Waals surface area contributed by atoms with Crippen molar-refractivity contribution in [2.45, 2.75) is 45.9 Å². The highest BCUT2D eigenvalue weighted by atomic mass is 31.2. The van der Waals surface area contributed by atoms with E-state index in [0.717, 1.165) is 4.57 Å². The topological polar surface area (TPSA) is 133 Å². The molecule has 0 aromatic carbocycles. The fourth-order valence-corrected chi connectivity index (χ4v) is 4.32. The number of phosphoric acid groups is 1. The van der Waals surface area contributed by atoms with E-state index in [4.69, 9.17) is 28.8 Å². The van der Waals surface area contributed by atoms with E-state index in [1.165, 1.54) is 13.3 Å². The lowest BCUT2D eigenvalue weighted by Gasteiger charge is -2.39. The van der Waals surface area contributed by atoms with Gasteiger partial charge in [0.15, 0.2) is 17.4 Å². The molecule has 0 radical (unpaired) electrons. The van der Waals surface area contributed by atoms with Gasteiger partial charge >= 0.3 is 7.82 Å². The monoisotopic (exact) mass is 465 g/mol. The second kappa shape index (κ2) is 9.29. The summed E-state index contributed by atoms with van der Waals surface area (Å²) in [7, 11) is -3.96. The number of alkyl halides is 2. The van der Waals surface area contributed by atoms with Crippen LogP contribution in [0.1, 0.15) is 33.9 Å². The number of ether oxygens (including phenoxy) is 2. The molecule has 4 atom stereocenters. The Morgan fingerprint density at radius 2 is 2.19 bits per heavy atom. The number of aromatic nitrogens is 4. The zero-order valence-corrected chi connectivity index (χ0v) is 18.6. The van der Waals surface area contributed by atoms with Gasteiger partial charge in [-0.25, -0.2) is 18.3 Å². The van der Waals surface area contributed by atoms with E-state index in [9.17, 15) is 8.96 Å². The van der Waals surface area contributed by atoms with Gasteiger partial charge in [-0.2, -0.15) is 9.97 Å². The van der Waals surface area contributed by atoms with Gasteiger partial charge in [0.1, 0.15) is 19.4 Å². The van der Waals surface area contributed by atoms with Crippen LogP contribution >= 0.6 is 7.82 Å². The number of hydrogen-bond acceptors (Lipinski definition) is 10. The van der Waals surface area contributed by atoms with Gasteiger partial charge in [-0.3, -0.25) is 18.1 Å². The molecule has 174 valence electrons. The zero-order valence-electron chi connectivity index (χ0n) is 17.7. The van der Waals surface area contributed by atoms with E-state index in [-0.39, 0.29) is 35.5 Å². The normalized spacial score (nSPS) is 27.6. The number of nitrogen functional groups attached to an aromatic ring is 1. The summed E-state index contributed by atoms with van der Waals surface area (Å²) in [4.78, 5) is 12.1. The van der Waals surface area contributed by atoms with E-state index in [1.807, 2.05) is 13.8 Å². The Bertz CT molecular complexity index is 962. The third kappa shape index (κ3) is 5.12. The Kier molecular flexibility index (Phi) is 7.11. The maximum Gasteiger partial charge on any atom is 0.475 e. The molecule has 1 aliphatic rings. The average molecular weight is 465 g/mol. The van der Waals surface area contributed by atoms with Crippen molar-refractivity contribution in [1.82, 2.24) is 19.5 Å². The number of fused-ring (bicyclic) bond motifs is 1. The molecule has 2 N–H and O–H groups in total. The van der Waals surface area contributed by atoms with Crippen molar-refractivity contribution in [1.29, 1.82) is 0 Å². The van der Waals surface area contributed by atoms with Crippen LogP contribution in [0.15, 0.2) is 6.33 Å². The Hall–Kier alpha value is -1.92. The standard InChI is InChI=1S/C17H26F2N5O6P/c1-5-26-15-13-14(22-16(20)23-15)24(9-21-13)12(6-18)29-17(19)8-28-31(25,30-11(17)4)27-7-10(2)3/h9-12H,5-8H2,1-4H3,(H2,20,22,23)/t11-,12?,17+,31?/m0/s1. The minimum Gasteiger partial charge on any atom is -0.476 e. The Morgan fingerprint density at radius 3 is 2.81 bits per heavy atom. The lowest BCUT2D eigenvalue weighted by atomic mass is 10.2. The summed E-state index contributed by atoms with van der Waals surface area (Å²) in [5.41, 5.74) is 6.01. The molecule has 14 heteroatoms. The molecule has 0 saturated carbocycles. The third-order valence-corrected chi connectivity index (χ3v) is 5.83. The highest BCUT2D eigenvalue weighted by molar-refractivity contribution is 7.48. The molecule has 1 aliphatic heterocycles. The van der Waals surface area contributed by atoms with Gasteiger partial charge < -0.3 is 15.2 Å². The molecule has 31 heavy (non-hydrogen) atoms. The Labute approximate surface area is 177 Å². The number of rotatable bonds is 9. The van der Waals surface area contributed by atoms with Crippen LogP contribution in [0.2, 0.25) is 0 Å². The van der Waals surface area contributed by atoms with Crippen LogP contribution in [0.5, 0.6) is 5.88 Å². The number of nitrogens with zero attached hydrogens (tertiary/aromatic N) is 4. The van der Waals surface area contributed by atoms with E-state index in [0.29, 0.717) is 6.61 Å². The second-order valence-electron chi connectivity index (χ2n) is 7.31. The lowest BCUT2D eigenvalue weighted by molar-refractivity contribution is -0.272. The van der Waals surface area contributed by atoms with Crippen molar-refractivity contribution in [3.63, 3.8) is 0 Å². The van der Waals surface area contributed by atoms with Gasteiger partial charge in [0.05, 0.1) is 19.5 Å². The fraction of sp³-hybridized carbons (Fsp3) is 0.706. The van der Waals surface area contributed by atoms with Gasteiger partial charge in [0.2, 0.25) is 11.8 Å². The Balaban J connectivity index is 1.82. The summed E-state index contributed by atoms with van der Waals surface area (Å²) >= 11 is 0. The predicted molar refractivity (Wildman–Crippen MR) is 106 cm³/mol. The van der Waals surface area contributed by atoms with Gasteiger partial charge in [0, 0.05) is 0 Å². The van der Waals surface area contributed by atoms with Crippen LogP contribution in [0.3, 0.4) is 0 Å². The quantitative estimate of drug-likeness (QED) is 0.551. The van der Waals surface area contributed by atoms with Crippen molar-refractivity contribution in [3.8, 4) is 5.88 Å². The number of imidazole rings is 1. The first-order chi connectivity index (χ1) is 14.6. The molecule has 1 fully saturated rings. The summed E-state index contributed by atoms with van der Waals surface area (Å²) in [5.74, 6) is -2.59. The molecule has 2 aromatic rings. The summed E-state index contributed by atoms with van der Waals surface area (Å²) in [6.45, 7) is 5.19. The fourth-order valence-electron chi connectivity index (χ4n) is 2.77. The first kappa shape index (κ1) is 23.7. The van der Waals surface area contributed by atoms with Gasteiger partial charge in [0.25, 0.3) is 5.85 Å². The first-order valence-corrected chi connectivity index (χ1v) is 11.2. The number of halogens is 2. The number of hydrogen-bond donors (Lipinski definition) is 1. The molecule has 0 spiro atoms. The summed E-state index contributed by atoms with van der Waals surface area (Å²) in [6.07, 6.45) is -1.66. The average Bonchev–Trinajstić information content (AvgIpc) is 3.12. The van der Waals surface area contributed by atoms with Crippen LogP contribution in [-0.4, -0.2) is 58.0 Å². The van der Waals surface area contributed by atoms with Gasteiger partial charge in [-0.05, 0) is 19.8 Å². The lowest BCUT2D eigenvalue weighted by Crippen LogP contribution is -2.49. The van der Waals surface area contributed by atoms with E-state index < -0.39 is 39.3 Å². The van der Waals surface area contributed by atoms with Crippen molar-refractivity contribution in [2.75, 3.05) is 32.2 Å². The van der Waals surface area contributed by atoms with Crippen molar-refractivity contribution in [3.05, 3.63) is 6.33 Å². The molecule has 0 amide bonds. The van der Waals surface area contributed by atoms with Crippen LogP contribution < -0.4 is 10.5 Å². The molecule has 0 bridgehead atoms. The smallest absolute Gasteiger partial charge is 0.475 e. The van der Waals surface area contributed by atoms with E-state index >= 15 is 4.39 Å². The maximum absolute atomic E-state index is 15.5. The number of anilines is 1. The van der Waals surface area contributed by atoms with Crippen LogP contribution in [0.25, 0.3) is 11.2 Å².